The molecule has 0 aliphatic carbocycles. The summed E-state index contributed by atoms with van der Waals surface area (Å²) in [5.74, 6) is 0.646. The number of nitriles is 1. The molecule has 2 rings (SSSR count). The third-order valence-corrected chi connectivity index (χ3v) is 3.96. The summed E-state index contributed by atoms with van der Waals surface area (Å²) in [6.45, 7) is 2.12. The Balaban J connectivity index is 2.38. The lowest BCUT2D eigenvalue weighted by atomic mass is 10.1. The summed E-state index contributed by atoms with van der Waals surface area (Å²) in [6, 6.07) is 11.8. The van der Waals surface area contributed by atoms with Crippen LogP contribution in [0.25, 0.3) is 10.9 Å². The number of fused-ring (bicyclic) bond motifs is 1. The number of hydrogen-bond acceptors (Lipinski definition) is 3. The first-order valence-corrected chi connectivity index (χ1v) is 7.18. The van der Waals surface area contributed by atoms with Gasteiger partial charge in [0.2, 0.25) is 0 Å². The van der Waals surface area contributed by atoms with Crippen LogP contribution >= 0.6 is 23.4 Å². The highest BCUT2D eigenvalue weighted by Gasteiger charge is 2.09. The molecule has 4 heteroatoms. The van der Waals surface area contributed by atoms with E-state index in [4.69, 9.17) is 11.6 Å². The van der Waals surface area contributed by atoms with Crippen LogP contribution in [-0.4, -0.2) is 16.1 Å². The van der Waals surface area contributed by atoms with E-state index in [-0.39, 0.29) is 0 Å². The van der Waals surface area contributed by atoms with E-state index < -0.39 is 0 Å². The van der Waals surface area contributed by atoms with Gasteiger partial charge in [0.25, 0.3) is 0 Å². The van der Waals surface area contributed by atoms with E-state index in [1.165, 1.54) is 0 Å². The first kappa shape index (κ1) is 13.2. The Morgan fingerprint density at radius 2 is 2.22 bits per heavy atom. The summed E-state index contributed by atoms with van der Waals surface area (Å²) in [4.78, 5) is 4.57. The topological polar surface area (TPSA) is 36.7 Å². The third kappa shape index (κ3) is 2.95. The Labute approximate surface area is 116 Å². The Morgan fingerprint density at radius 1 is 1.44 bits per heavy atom. The standard InChI is InChI=1S/C14H13ClN2S/c1-10(6-7-15)18-14-8-11(9-16)12-4-2-3-5-13(12)17-14/h2-5,8,10H,6-7H2,1H3. The number of halogens is 1. The van der Waals surface area contributed by atoms with E-state index in [9.17, 15) is 5.26 Å². The van der Waals surface area contributed by atoms with E-state index in [0.717, 1.165) is 22.3 Å². The molecule has 1 aromatic heterocycles. The van der Waals surface area contributed by atoms with Crippen LogP contribution in [0.2, 0.25) is 0 Å². The van der Waals surface area contributed by atoms with Crippen LogP contribution in [0, 0.1) is 11.3 Å². The van der Waals surface area contributed by atoms with Crippen molar-refractivity contribution in [2.45, 2.75) is 23.6 Å². The molecule has 1 unspecified atom stereocenters. The van der Waals surface area contributed by atoms with Crippen molar-refractivity contribution in [3.8, 4) is 6.07 Å². The van der Waals surface area contributed by atoms with Crippen LogP contribution < -0.4 is 0 Å². The van der Waals surface area contributed by atoms with Crippen molar-refractivity contribution < 1.29 is 0 Å². The van der Waals surface area contributed by atoms with Gasteiger partial charge in [-0.25, -0.2) is 4.98 Å². The van der Waals surface area contributed by atoms with E-state index in [1.54, 1.807) is 11.8 Å². The number of para-hydroxylation sites is 1. The molecule has 2 nitrogen and oxygen atoms in total. The lowest BCUT2D eigenvalue weighted by molar-refractivity contribution is 0.908. The van der Waals surface area contributed by atoms with Crippen LogP contribution in [-0.2, 0) is 0 Å². The number of alkyl halides is 1. The van der Waals surface area contributed by atoms with Crippen LogP contribution in [0.1, 0.15) is 18.9 Å². The number of nitrogens with zero attached hydrogens (tertiary/aromatic N) is 2. The number of pyridine rings is 1. The molecule has 1 atom stereocenters. The van der Waals surface area contributed by atoms with Gasteiger partial charge >= 0.3 is 0 Å². The van der Waals surface area contributed by atoms with Crippen molar-refractivity contribution in [2.24, 2.45) is 0 Å². The first-order valence-electron chi connectivity index (χ1n) is 5.77. The summed E-state index contributed by atoms with van der Waals surface area (Å²) in [6.07, 6.45) is 0.933. The van der Waals surface area contributed by atoms with E-state index in [1.807, 2.05) is 30.3 Å². The minimum atomic E-state index is 0.405. The lowest BCUT2D eigenvalue weighted by Gasteiger charge is -2.09. The summed E-state index contributed by atoms with van der Waals surface area (Å²) in [5.41, 5.74) is 1.55. The third-order valence-electron chi connectivity index (χ3n) is 2.65. The van der Waals surface area contributed by atoms with Gasteiger partial charge in [0.15, 0.2) is 0 Å². The first-order chi connectivity index (χ1) is 8.74. The fourth-order valence-electron chi connectivity index (χ4n) is 1.72. The van der Waals surface area contributed by atoms with Gasteiger partial charge in [-0.05, 0) is 18.6 Å². The van der Waals surface area contributed by atoms with Crippen molar-refractivity contribution >= 4 is 34.3 Å². The smallest absolute Gasteiger partial charge is 0.0999 e. The predicted octanol–water partition coefficient (Wildman–Crippen LogP) is 4.22. The van der Waals surface area contributed by atoms with Gasteiger partial charge in [0, 0.05) is 16.5 Å². The van der Waals surface area contributed by atoms with Crippen molar-refractivity contribution in [3.63, 3.8) is 0 Å². The van der Waals surface area contributed by atoms with Crippen LogP contribution in [0.5, 0.6) is 0 Å². The molecule has 0 amide bonds. The summed E-state index contributed by atoms with van der Waals surface area (Å²) < 4.78 is 0. The van der Waals surface area contributed by atoms with Crippen LogP contribution in [0.15, 0.2) is 35.4 Å². The number of thioether (sulfide) groups is 1. The molecule has 0 aliphatic heterocycles. The molecule has 0 aliphatic rings. The van der Waals surface area contributed by atoms with Gasteiger partial charge in [-0.2, -0.15) is 5.26 Å². The average Bonchev–Trinajstić information content (AvgIpc) is 2.38. The van der Waals surface area contributed by atoms with Gasteiger partial charge < -0.3 is 0 Å². The van der Waals surface area contributed by atoms with E-state index in [2.05, 4.69) is 18.0 Å². The number of hydrogen-bond donors (Lipinski definition) is 0. The normalized spacial score (nSPS) is 12.3. The Bertz CT molecular complexity index is 592. The van der Waals surface area contributed by atoms with E-state index in [0.29, 0.717) is 16.7 Å². The summed E-state index contributed by atoms with van der Waals surface area (Å²) >= 11 is 7.40. The summed E-state index contributed by atoms with van der Waals surface area (Å²) in [7, 11) is 0. The Morgan fingerprint density at radius 3 is 2.94 bits per heavy atom. The van der Waals surface area contributed by atoms with Crippen LogP contribution in [0.3, 0.4) is 0 Å². The predicted molar refractivity (Wildman–Crippen MR) is 77.1 cm³/mol. The molecule has 1 heterocycles. The SMILES string of the molecule is CC(CCCl)Sc1cc(C#N)c2ccccc2n1. The van der Waals surface area contributed by atoms with Crippen molar-refractivity contribution in [1.82, 2.24) is 4.98 Å². The highest BCUT2D eigenvalue weighted by molar-refractivity contribution is 7.99. The highest BCUT2D eigenvalue weighted by atomic mass is 35.5. The Hall–Kier alpha value is -1.24. The second-order valence-corrected chi connectivity index (χ2v) is 5.88. The van der Waals surface area contributed by atoms with Crippen LogP contribution in [0.4, 0.5) is 0 Å². The van der Waals surface area contributed by atoms with Gasteiger partial charge in [0.1, 0.15) is 0 Å². The largest absolute Gasteiger partial charge is 0.241 e. The molecule has 0 spiro atoms. The summed E-state index contributed by atoms with van der Waals surface area (Å²) in [5, 5.41) is 11.4. The van der Waals surface area contributed by atoms with Crippen molar-refractivity contribution in [1.29, 1.82) is 5.26 Å². The molecule has 0 saturated heterocycles. The molecule has 0 radical (unpaired) electrons. The molecule has 92 valence electrons. The maximum atomic E-state index is 9.19. The second-order valence-electron chi connectivity index (χ2n) is 4.04. The van der Waals surface area contributed by atoms with Crippen molar-refractivity contribution in [3.05, 3.63) is 35.9 Å². The molecule has 0 N–H and O–H groups in total. The minimum absolute atomic E-state index is 0.405. The zero-order valence-corrected chi connectivity index (χ0v) is 11.6. The monoisotopic (exact) mass is 276 g/mol. The molecule has 0 bridgehead atoms. The zero-order valence-electron chi connectivity index (χ0n) is 10.1. The molecule has 18 heavy (non-hydrogen) atoms. The van der Waals surface area contributed by atoms with Gasteiger partial charge in [-0.15, -0.1) is 23.4 Å². The molecule has 1 aromatic carbocycles. The second kappa shape index (κ2) is 6.08. The maximum absolute atomic E-state index is 9.19. The fraction of sp³-hybridized carbons (Fsp3) is 0.286. The number of aromatic nitrogens is 1. The zero-order chi connectivity index (χ0) is 13.0. The maximum Gasteiger partial charge on any atom is 0.0999 e. The molecular formula is C14H13ClN2S. The highest BCUT2D eigenvalue weighted by Crippen LogP contribution is 2.27. The fourth-order valence-corrected chi connectivity index (χ4v) is 3.16. The molecule has 0 fully saturated rings. The average molecular weight is 277 g/mol. The minimum Gasteiger partial charge on any atom is -0.241 e. The Kier molecular flexibility index (Phi) is 4.46. The van der Waals surface area contributed by atoms with E-state index >= 15 is 0 Å². The van der Waals surface area contributed by atoms with Gasteiger partial charge in [-0.1, -0.05) is 25.1 Å². The van der Waals surface area contributed by atoms with Gasteiger partial charge in [-0.3, -0.25) is 0 Å². The molecule has 0 saturated carbocycles. The quantitative estimate of drug-likeness (QED) is 0.620. The van der Waals surface area contributed by atoms with Crippen molar-refractivity contribution in [2.75, 3.05) is 5.88 Å². The molecule has 2 aromatic rings. The van der Waals surface area contributed by atoms with Gasteiger partial charge in [0.05, 0.1) is 22.2 Å². The number of benzene rings is 1. The number of rotatable bonds is 4. The lowest BCUT2D eigenvalue weighted by Crippen LogP contribution is -1.98. The molecular weight excluding hydrogens is 264 g/mol.